The molecule has 0 aliphatic rings. The Balaban J connectivity index is 0. The maximum Gasteiger partial charge on any atom is 0.408 e. The quantitative estimate of drug-likeness (QED) is 0.587. The van der Waals surface area contributed by atoms with Crippen LogP contribution in [0.15, 0.2) is 0 Å². The maximum absolute atomic E-state index is 11.0. The van der Waals surface area contributed by atoms with Gasteiger partial charge in [-0.25, -0.2) is 9.59 Å². The molecule has 0 aromatic carbocycles. The molecule has 0 fully saturated rings. The summed E-state index contributed by atoms with van der Waals surface area (Å²) in [6.07, 6.45) is -1.44. The third kappa shape index (κ3) is 19.4. The van der Waals surface area contributed by atoms with Crippen LogP contribution < -0.4 is 10.6 Å². The van der Waals surface area contributed by atoms with Crippen molar-refractivity contribution in [3.8, 4) is 0 Å². The topological polar surface area (TPSA) is 151 Å². The molecule has 0 heterocycles. The third-order valence-electron chi connectivity index (χ3n) is 1.89. The van der Waals surface area contributed by atoms with Gasteiger partial charge < -0.3 is 30.3 Å². The second kappa shape index (κ2) is 10.4. The van der Waals surface area contributed by atoms with Crippen LogP contribution >= 0.6 is 0 Å². The van der Waals surface area contributed by atoms with Crippen molar-refractivity contribution in [3.63, 3.8) is 0 Å². The minimum Gasteiger partial charge on any atom is -0.480 e. The van der Waals surface area contributed by atoms with Gasteiger partial charge in [0, 0.05) is 0 Å². The van der Waals surface area contributed by atoms with Crippen LogP contribution in [0.1, 0.15) is 48.5 Å². The summed E-state index contributed by atoms with van der Waals surface area (Å²) < 4.78 is 9.62. The second-order valence-corrected chi connectivity index (χ2v) is 6.96. The molecular weight excluding hydrogens is 336 g/mol. The van der Waals surface area contributed by atoms with E-state index < -0.39 is 47.9 Å². The Hall–Kier alpha value is -2.52. The average Bonchev–Trinajstić information content (AvgIpc) is 2.32. The summed E-state index contributed by atoms with van der Waals surface area (Å²) in [4.78, 5) is 42.1. The molecule has 1 unspecified atom stereocenters. The van der Waals surface area contributed by atoms with E-state index >= 15 is 0 Å². The van der Waals surface area contributed by atoms with Gasteiger partial charge in [-0.3, -0.25) is 9.59 Å². The molecule has 2 amide bonds. The fraction of sp³-hybridized carbons (Fsp3) is 0.733. The highest BCUT2D eigenvalue weighted by Gasteiger charge is 2.20. The summed E-state index contributed by atoms with van der Waals surface area (Å²) in [7, 11) is 0. The summed E-state index contributed by atoms with van der Waals surface area (Å²) in [6, 6.07) is -0.935. The van der Waals surface area contributed by atoms with Crippen molar-refractivity contribution in [1.29, 1.82) is 0 Å². The van der Waals surface area contributed by atoms with Crippen molar-refractivity contribution in [2.75, 3.05) is 6.54 Å². The van der Waals surface area contributed by atoms with Crippen molar-refractivity contribution in [3.05, 3.63) is 0 Å². The summed E-state index contributed by atoms with van der Waals surface area (Å²) in [5.74, 6) is -2.19. The number of aliphatic carboxylic acids is 2. The summed E-state index contributed by atoms with van der Waals surface area (Å²) >= 11 is 0. The van der Waals surface area contributed by atoms with Gasteiger partial charge in [0.15, 0.2) is 0 Å². The number of hydrogen-bond donors (Lipinski definition) is 4. The normalized spacial score (nSPS) is 12.0. The number of carboxylic acids is 2. The molecule has 0 aromatic rings. The van der Waals surface area contributed by atoms with Gasteiger partial charge in [-0.15, -0.1) is 0 Å². The van der Waals surface area contributed by atoms with E-state index in [4.69, 9.17) is 19.7 Å². The van der Waals surface area contributed by atoms with Gasteiger partial charge in [0.05, 0.1) is 0 Å². The van der Waals surface area contributed by atoms with Gasteiger partial charge in [0.2, 0.25) is 0 Å². The molecule has 0 bridgehead atoms. The van der Waals surface area contributed by atoms with Crippen molar-refractivity contribution < 1.29 is 38.9 Å². The molecule has 0 aromatic heterocycles. The van der Waals surface area contributed by atoms with Crippen LogP contribution in [0.4, 0.5) is 9.59 Å². The molecule has 0 spiro atoms. The van der Waals surface area contributed by atoms with Crippen molar-refractivity contribution in [2.24, 2.45) is 0 Å². The Bertz CT molecular complexity index is 477. The molecule has 0 rings (SSSR count). The molecule has 0 aliphatic heterocycles. The zero-order valence-corrected chi connectivity index (χ0v) is 15.6. The lowest BCUT2D eigenvalue weighted by Crippen LogP contribution is -2.41. The fourth-order valence-electron chi connectivity index (χ4n) is 1.01. The molecule has 10 heteroatoms. The predicted molar refractivity (Wildman–Crippen MR) is 88.3 cm³/mol. The lowest BCUT2D eigenvalue weighted by molar-refractivity contribution is -0.139. The van der Waals surface area contributed by atoms with Crippen LogP contribution in [-0.4, -0.2) is 58.1 Å². The first-order valence-corrected chi connectivity index (χ1v) is 7.44. The molecule has 10 nitrogen and oxygen atoms in total. The van der Waals surface area contributed by atoms with Crippen LogP contribution in [-0.2, 0) is 19.1 Å². The highest BCUT2D eigenvalue weighted by atomic mass is 16.6. The number of hydrogen-bond acceptors (Lipinski definition) is 6. The molecule has 0 aliphatic carbocycles. The van der Waals surface area contributed by atoms with Crippen LogP contribution in [0.3, 0.4) is 0 Å². The minimum absolute atomic E-state index is 0.422. The summed E-state index contributed by atoms with van der Waals surface area (Å²) in [5, 5.41) is 20.9. The van der Waals surface area contributed by atoms with E-state index in [1.165, 1.54) is 6.92 Å². The standard InChI is InChI=1S/C8H15NO4.C7H13NO4/c1-5(6(10)11)9-7(12)13-8(2,3)4;1-7(2,3)12-6(11)8-4-5(9)10/h5H,1-4H3,(H,9,12)(H,10,11);4H2,1-3H3,(H,8,11)(H,9,10). The van der Waals surface area contributed by atoms with Crippen molar-refractivity contribution >= 4 is 24.1 Å². The van der Waals surface area contributed by atoms with Gasteiger partial charge in [-0.05, 0) is 48.5 Å². The minimum atomic E-state index is -1.10. The van der Waals surface area contributed by atoms with Crippen LogP contribution in [0.25, 0.3) is 0 Å². The van der Waals surface area contributed by atoms with E-state index in [0.717, 1.165) is 0 Å². The fourth-order valence-corrected chi connectivity index (χ4v) is 1.01. The third-order valence-corrected chi connectivity index (χ3v) is 1.89. The van der Waals surface area contributed by atoms with Gasteiger partial charge in [-0.1, -0.05) is 0 Å². The molecule has 0 radical (unpaired) electrons. The molecular formula is C15H28N2O8. The Labute approximate surface area is 146 Å². The summed E-state index contributed by atoms with van der Waals surface area (Å²) in [6.45, 7) is 11.2. The highest BCUT2D eigenvalue weighted by molar-refractivity contribution is 5.79. The molecule has 0 saturated heterocycles. The van der Waals surface area contributed by atoms with E-state index in [1.54, 1.807) is 41.5 Å². The lowest BCUT2D eigenvalue weighted by Gasteiger charge is -2.20. The Morgan fingerprint density at radius 3 is 1.60 bits per heavy atom. The summed E-state index contributed by atoms with van der Waals surface area (Å²) in [5.41, 5.74) is -1.20. The van der Waals surface area contributed by atoms with Gasteiger partial charge >= 0.3 is 24.1 Å². The molecule has 1 atom stereocenters. The number of amides is 2. The van der Waals surface area contributed by atoms with Gasteiger partial charge in [0.25, 0.3) is 0 Å². The number of carbonyl (C=O) groups is 4. The lowest BCUT2D eigenvalue weighted by atomic mass is 10.2. The largest absolute Gasteiger partial charge is 0.480 e. The number of carbonyl (C=O) groups excluding carboxylic acids is 2. The van der Waals surface area contributed by atoms with E-state index in [-0.39, 0.29) is 0 Å². The van der Waals surface area contributed by atoms with Crippen LogP contribution in [0.2, 0.25) is 0 Å². The zero-order valence-electron chi connectivity index (χ0n) is 15.6. The van der Waals surface area contributed by atoms with E-state index in [2.05, 4.69) is 10.6 Å². The maximum atomic E-state index is 11.0. The zero-order chi connectivity index (χ0) is 20.4. The Morgan fingerprint density at radius 2 is 1.28 bits per heavy atom. The average molecular weight is 364 g/mol. The number of nitrogens with one attached hydrogen (secondary N) is 2. The number of ether oxygens (including phenoxy) is 2. The monoisotopic (exact) mass is 364 g/mol. The van der Waals surface area contributed by atoms with E-state index in [1.807, 2.05) is 0 Å². The van der Waals surface area contributed by atoms with E-state index in [0.29, 0.717) is 0 Å². The molecule has 4 N–H and O–H groups in total. The SMILES string of the molecule is CC(C)(C)OC(=O)NCC(=O)O.CC(NC(=O)OC(C)(C)C)C(=O)O. The molecule has 146 valence electrons. The molecule has 25 heavy (non-hydrogen) atoms. The van der Waals surface area contributed by atoms with Crippen LogP contribution in [0, 0.1) is 0 Å². The number of alkyl carbamates (subject to hydrolysis) is 2. The van der Waals surface area contributed by atoms with Gasteiger partial charge in [0.1, 0.15) is 23.8 Å². The predicted octanol–water partition coefficient (Wildman–Crippen LogP) is 1.58. The first-order chi connectivity index (χ1) is 11.0. The second-order valence-electron chi connectivity index (χ2n) is 6.96. The van der Waals surface area contributed by atoms with Crippen molar-refractivity contribution in [2.45, 2.75) is 65.7 Å². The van der Waals surface area contributed by atoms with Crippen molar-refractivity contribution in [1.82, 2.24) is 10.6 Å². The Kier molecular flexibility index (Phi) is 10.3. The van der Waals surface area contributed by atoms with Gasteiger partial charge in [-0.2, -0.15) is 0 Å². The van der Waals surface area contributed by atoms with Crippen LogP contribution in [0.5, 0.6) is 0 Å². The van der Waals surface area contributed by atoms with E-state index in [9.17, 15) is 19.2 Å². The highest BCUT2D eigenvalue weighted by Crippen LogP contribution is 2.07. The first-order valence-electron chi connectivity index (χ1n) is 7.44. The Morgan fingerprint density at radius 1 is 0.880 bits per heavy atom. The smallest absolute Gasteiger partial charge is 0.408 e. The number of rotatable bonds is 4. The molecule has 0 saturated carbocycles. The first kappa shape index (κ1) is 24.7. The number of carboxylic acid groups (broad SMARTS) is 2.